The van der Waals surface area contributed by atoms with Crippen LogP contribution in [0.25, 0.3) is 110 Å². The molecule has 1 aliphatic carbocycles. The van der Waals surface area contributed by atoms with Crippen molar-refractivity contribution in [2.24, 2.45) is 0 Å². The fraction of sp³-hybridized carbons (Fsp3) is 0.0333. The van der Waals surface area contributed by atoms with Gasteiger partial charge in [-0.05, 0) is 114 Å². The van der Waals surface area contributed by atoms with Crippen LogP contribution in [0.3, 0.4) is 0 Å². The molecule has 0 bridgehead atoms. The Labute approximate surface area is 372 Å². The number of allylic oxidation sites excluding steroid dienone is 2. The van der Waals surface area contributed by atoms with Crippen LogP contribution in [0.2, 0.25) is 0 Å². The highest BCUT2D eigenvalue weighted by Crippen LogP contribution is 2.49. The van der Waals surface area contributed by atoms with Crippen LogP contribution in [0.15, 0.2) is 221 Å². The Morgan fingerprint density at radius 3 is 1.75 bits per heavy atom. The molecule has 304 valence electrons. The van der Waals surface area contributed by atoms with E-state index < -0.39 is 0 Å². The van der Waals surface area contributed by atoms with Gasteiger partial charge in [0.05, 0.1) is 38.9 Å². The van der Waals surface area contributed by atoms with Crippen LogP contribution in [0.5, 0.6) is 0 Å². The molecule has 65 heavy (non-hydrogen) atoms. The van der Waals surface area contributed by atoms with Crippen LogP contribution < -0.4 is 4.90 Å². The van der Waals surface area contributed by atoms with Crippen molar-refractivity contribution in [1.29, 1.82) is 0 Å². The highest BCUT2D eigenvalue weighted by Gasteiger charge is 2.37. The fourth-order valence-corrected chi connectivity index (χ4v) is 11.4. The zero-order valence-corrected chi connectivity index (χ0v) is 35.0. The summed E-state index contributed by atoms with van der Waals surface area (Å²) < 4.78 is 18.4. The van der Waals surface area contributed by atoms with Gasteiger partial charge in [0.25, 0.3) is 0 Å². The molecule has 4 aromatic heterocycles. The smallest absolute Gasteiger partial charge is 0.145 e. The molecule has 0 saturated heterocycles. The van der Waals surface area contributed by atoms with E-state index in [1.807, 2.05) is 0 Å². The van der Waals surface area contributed by atoms with Crippen molar-refractivity contribution in [3.8, 4) is 22.5 Å². The number of fused-ring (bicyclic) bond motifs is 17. The summed E-state index contributed by atoms with van der Waals surface area (Å²) in [5.74, 6) is 0.330. The number of rotatable bonds is 4. The van der Waals surface area contributed by atoms with Gasteiger partial charge < -0.3 is 22.9 Å². The van der Waals surface area contributed by atoms with E-state index in [1.54, 1.807) is 0 Å². The van der Waals surface area contributed by atoms with Crippen LogP contribution >= 0.6 is 0 Å². The maximum absolute atomic E-state index is 7.19. The van der Waals surface area contributed by atoms with Gasteiger partial charge in [0.1, 0.15) is 22.3 Å². The van der Waals surface area contributed by atoms with Crippen molar-refractivity contribution in [2.45, 2.75) is 12.0 Å². The lowest BCUT2D eigenvalue weighted by atomic mass is 9.91. The van der Waals surface area contributed by atoms with Gasteiger partial charge in [-0.2, -0.15) is 0 Å². The standard InChI is InChI=1S/C60H37N3O2/c1-2-14-38(15-3-1)61-51-23-10-6-19-45(51)57-53(61)29-27-43-44-28-30-54-58(60(44)65-59(43)57)46-20-7-11-24-52(46)63(54)39-16-12-13-36(33-39)37-25-31-55-47(34-37)48-35-40(26-32-56(48)64-55)62-49-21-8-4-17-41(49)42-18-5-9-22-50(42)62/h1-35,41,49H. The first-order valence-corrected chi connectivity index (χ1v) is 22.4. The van der Waals surface area contributed by atoms with Crippen molar-refractivity contribution in [1.82, 2.24) is 9.13 Å². The van der Waals surface area contributed by atoms with Gasteiger partial charge in [-0.15, -0.1) is 0 Å². The van der Waals surface area contributed by atoms with Gasteiger partial charge in [0.15, 0.2) is 0 Å². The Hall–Kier alpha value is -8.54. The maximum Gasteiger partial charge on any atom is 0.145 e. The summed E-state index contributed by atoms with van der Waals surface area (Å²) in [4.78, 5) is 2.49. The van der Waals surface area contributed by atoms with E-state index in [-0.39, 0.29) is 6.04 Å². The molecule has 0 spiro atoms. The van der Waals surface area contributed by atoms with E-state index in [0.717, 1.165) is 105 Å². The van der Waals surface area contributed by atoms with Crippen LogP contribution in [-0.4, -0.2) is 15.2 Å². The molecule has 0 saturated carbocycles. The molecule has 9 aromatic carbocycles. The van der Waals surface area contributed by atoms with E-state index in [2.05, 4.69) is 226 Å². The predicted molar refractivity (Wildman–Crippen MR) is 269 cm³/mol. The molecule has 13 aromatic rings. The minimum atomic E-state index is 0.235. The molecular formula is C60H37N3O2. The van der Waals surface area contributed by atoms with E-state index in [0.29, 0.717) is 5.92 Å². The Kier molecular flexibility index (Phi) is 7.00. The van der Waals surface area contributed by atoms with Crippen molar-refractivity contribution in [3.05, 3.63) is 218 Å². The lowest BCUT2D eigenvalue weighted by Crippen LogP contribution is -2.28. The zero-order chi connectivity index (χ0) is 42.3. The fourth-order valence-electron chi connectivity index (χ4n) is 11.4. The second-order valence-electron chi connectivity index (χ2n) is 17.6. The highest BCUT2D eigenvalue weighted by molar-refractivity contribution is 6.29. The third kappa shape index (κ3) is 4.81. The van der Waals surface area contributed by atoms with E-state index >= 15 is 0 Å². The van der Waals surface area contributed by atoms with Crippen molar-refractivity contribution < 1.29 is 8.83 Å². The summed E-state index contributed by atoms with van der Waals surface area (Å²) in [6.45, 7) is 0. The maximum atomic E-state index is 7.19. The van der Waals surface area contributed by atoms with Crippen LogP contribution in [0.4, 0.5) is 11.4 Å². The topological polar surface area (TPSA) is 39.4 Å². The Morgan fingerprint density at radius 2 is 0.985 bits per heavy atom. The zero-order valence-electron chi connectivity index (χ0n) is 35.0. The first-order chi connectivity index (χ1) is 32.2. The lowest BCUT2D eigenvalue weighted by molar-refractivity contribution is 0.669. The van der Waals surface area contributed by atoms with Gasteiger partial charge in [-0.1, -0.05) is 115 Å². The first-order valence-electron chi connectivity index (χ1n) is 22.4. The highest BCUT2D eigenvalue weighted by atomic mass is 16.3. The lowest BCUT2D eigenvalue weighted by Gasteiger charge is -2.28. The van der Waals surface area contributed by atoms with Crippen molar-refractivity contribution in [2.75, 3.05) is 4.90 Å². The second kappa shape index (κ2) is 13.0. The number of hydrogen-bond acceptors (Lipinski definition) is 3. The van der Waals surface area contributed by atoms with Crippen LogP contribution in [0, 0.1) is 0 Å². The van der Waals surface area contributed by atoms with Crippen LogP contribution in [-0.2, 0) is 0 Å². The van der Waals surface area contributed by atoms with Crippen LogP contribution in [0.1, 0.15) is 11.5 Å². The molecule has 5 heteroatoms. The summed E-state index contributed by atoms with van der Waals surface area (Å²) in [5, 5.41) is 9.06. The molecule has 5 nitrogen and oxygen atoms in total. The third-order valence-electron chi connectivity index (χ3n) is 14.2. The molecule has 2 atom stereocenters. The molecule has 0 N–H and O–H groups in total. The first kappa shape index (κ1) is 35.0. The number of benzene rings is 9. The molecule has 5 heterocycles. The third-order valence-corrected chi connectivity index (χ3v) is 14.2. The van der Waals surface area contributed by atoms with Gasteiger partial charge in [0.2, 0.25) is 0 Å². The molecule has 0 amide bonds. The number of hydrogen-bond donors (Lipinski definition) is 0. The average molecular weight is 832 g/mol. The monoisotopic (exact) mass is 831 g/mol. The average Bonchev–Trinajstić information content (AvgIpc) is 4.17. The molecule has 2 unspecified atom stereocenters. The Bertz CT molecular complexity index is 4210. The largest absolute Gasteiger partial charge is 0.456 e. The normalized spacial score (nSPS) is 15.8. The minimum absolute atomic E-state index is 0.235. The van der Waals surface area contributed by atoms with Gasteiger partial charge in [-0.25, -0.2) is 0 Å². The molecular weight excluding hydrogens is 795 g/mol. The summed E-state index contributed by atoms with van der Waals surface area (Å²) in [6.07, 6.45) is 9.01. The summed E-state index contributed by atoms with van der Waals surface area (Å²) in [5.41, 5.74) is 16.4. The Morgan fingerprint density at radius 1 is 0.369 bits per heavy atom. The summed E-state index contributed by atoms with van der Waals surface area (Å²) in [6, 6.07) is 68.3. The Balaban J connectivity index is 0.883. The molecule has 0 radical (unpaired) electrons. The van der Waals surface area contributed by atoms with Gasteiger partial charge in [-0.3, -0.25) is 0 Å². The van der Waals surface area contributed by atoms with Gasteiger partial charge in [0, 0.05) is 61.0 Å². The minimum Gasteiger partial charge on any atom is -0.456 e. The quantitative estimate of drug-likeness (QED) is 0.177. The van der Waals surface area contributed by atoms with Gasteiger partial charge >= 0.3 is 0 Å². The van der Waals surface area contributed by atoms with E-state index in [9.17, 15) is 0 Å². The number of anilines is 2. The van der Waals surface area contributed by atoms with Crippen molar-refractivity contribution >= 4 is 98.9 Å². The summed E-state index contributed by atoms with van der Waals surface area (Å²) in [7, 11) is 0. The molecule has 1 aliphatic heterocycles. The number of furan rings is 2. The predicted octanol–water partition coefficient (Wildman–Crippen LogP) is 16.1. The second-order valence-corrected chi connectivity index (χ2v) is 17.6. The summed E-state index contributed by atoms with van der Waals surface area (Å²) >= 11 is 0. The number of aromatic nitrogens is 2. The van der Waals surface area contributed by atoms with Crippen molar-refractivity contribution in [3.63, 3.8) is 0 Å². The molecule has 15 rings (SSSR count). The molecule has 2 aliphatic rings. The SMILES string of the molecule is C1=CC2c3ccccc3N(c3ccc4oc5ccc(-c6cccc(-n7c8ccccc8c8c9oc%10c(ccc%11c%10c%10ccccc%10n%11-c%10ccccc%10)c9ccc87)c6)cc5c4c3)C2C=C1. The number of para-hydroxylation sites is 4. The number of nitrogens with zero attached hydrogens (tertiary/aromatic N) is 3. The van der Waals surface area contributed by atoms with E-state index in [1.165, 1.54) is 22.3 Å². The molecule has 0 fully saturated rings. The van der Waals surface area contributed by atoms with E-state index in [4.69, 9.17) is 8.83 Å².